The number of carbonyl (C=O) groups excluding carboxylic acids is 1. The highest BCUT2D eigenvalue weighted by atomic mass is 16.6. The molecule has 0 radical (unpaired) electrons. The first-order valence-corrected chi connectivity index (χ1v) is 10.1. The molecule has 1 atom stereocenters. The number of nitrogens with zero attached hydrogens (tertiary/aromatic N) is 5. The lowest BCUT2D eigenvalue weighted by Gasteiger charge is -2.36. The van der Waals surface area contributed by atoms with Crippen LogP contribution >= 0.6 is 0 Å². The van der Waals surface area contributed by atoms with E-state index in [9.17, 15) is 4.79 Å². The Bertz CT molecular complexity index is 866. The number of aliphatic imine (C=N–C) groups is 1. The summed E-state index contributed by atoms with van der Waals surface area (Å²) in [5, 5.41) is 4.05. The van der Waals surface area contributed by atoms with Gasteiger partial charge in [0.1, 0.15) is 5.60 Å². The van der Waals surface area contributed by atoms with Crippen LogP contribution in [0, 0.1) is 0 Å². The van der Waals surface area contributed by atoms with Crippen LogP contribution in [0.3, 0.4) is 0 Å². The van der Waals surface area contributed by atoms with E-state index in [1.165, 1.54) is 0 Å². The maximum absolute atomic E-state index is 12.2. The van der Waals surface area contributed by atoms with E-state index < -0.39 is 5.60 Å². The number of guanidine groups is 1. The van der Waals surface area contributed by atoms with E-state index in [-0.39, 0.29) is 12.0 Å². The zero-order valence-corrected chi connectivity index (χ0v) is 18.0. The molecular weight excluding hydrogens is 384 g/mol. The highest BCUT2D eigenvalue weighted by Crippen LogP contribution is 2.20. The van der Waals surface area contributed by atoms with E-state index in [0.717, 1.165) is 5.56 Å². The third kappa shape index (κ3) is 5.71. The quantitative estimate of drug-likeness (QED) is 0.605. The van der Waals surface area contributed by atoms with Crippen molar-refractivity contribution in [3.63, 3.8) is 0 Å². The highest BCUT2D eigenvalue weighted by molar-refractivity contribution is 5.78. The van der Waals surface area contributed by atoms with Gasteiger partial charge in [0, 0.05) is 31.7 Å². The maximum atomic E-state index is 12.2. The second kappa shape index (κ2) is 9.15. The van der Waals surface area contributed by atoms with E-state index in [4.69, 9.17) is 15.0 Å². The van der Waals surface area contributed by atoms with E-state index in [0.29, 0.717) is 50.4 Å². The number of ether oxygens (including phenoxy) is 1. The van der Waals surface area contributed by atoms with E-state index in [1.807, 2.05) is 62.9 Å². The van der Waals surface area contributed by atoms with E-state index >= 15 is 0 Å². The molecule has 2 N–H and O–H groups in total. The molecule has 0 aliphatic carbocycles. The standard InChI is InChI=1S/C21H30N6O3/c1-15(18-24-17(25-30-18)16-8-6-5-7-9-16)14-23-19(22)26-10-12-27(13-11-26)20(28)29-21(2,3)4/h5-9,15H,10-14H2,1-4H3,(H2,22,23). The number of piperazine rings is 1. The van der Waals surface area contributed by atoms with Crippen molar-refractivity contribution in [3.8, 4) is 11.4 Å². The fourth-order valence-corrected chi connectivity index (χ4v) is 2.99. The summed E-state index contributed by atoms with van der Waals surface area (Å²) < 4.78 is 10.8. The van der Waals surface area contributed by atoms with E-state index in [1.54, 1.807) is 4.90 Å². The minimum Gasteiger partial charge on any atom is -0.444 e. The Kier molecular flexibility index (Phi) is 6.59. The number of hydrogen-bond donors (Lipinski definition) is 1. The Balaban J connectivity index is 1.51. The van der Waals surface area contributed by atoms with Gasteiger partial charge in [-0.3, -0.25) is 4.99 Å². The predicted octanol–water partition coefficient (Wildman–Crippen LogP) is 2.71. The molecule has 1 saturated heterocycles. The van der Waals surface area contributed by atoms with Gasteiger partial charge in [-0.2, -0.15) is 4.98 Å². The van der Waals surface area contributed by atoms with Gasteiger partial charge >= 0.3 is 6.09 Å². The van der Waals surface area contributed by atoms with Crippen molar-refractivity contribution < 1.29 is 14.1 Å². The molecule has 1 aliphatic heterocycles. The van der Waals surface area contributed by atoms with Gasteiger partial charge in [0.25, 0.3) is 0 Å². The first kappa shape index (κ1) is 21.6. The molecule has 1 unspecified atom stereocenters. The van der Waals surface area contributed by atoms with Crippen molar-refractivity contribution in [3.05, 3.63) is 36.2 Å². The molecule has 162 valence electrons. The summed E-state index contributed by atoms with van der Waals surface area (Å²) in [5.41, 5.74) is 6.58. The molecule has 2 heterocycles. The molecular formula is C21H30N6O3. The molecule has 1 aromatic carbocycles. The number of benzene rings is 1. The normalized spacial score (nSPS) is 16.5. The minimum atomic E-state index is -0.500. The van der Waals surface area contributed by atoms with Gasteiger partial charge in [0.05, 0.1) is 12.5 Å². The third-order valence-electron chi connectivity index (χ3n) is 4.68. The second-order valence-corrected chi connectivity index (χ2v) is 8.38. The van der Waals surface area contributed by atoms with Crippen LogP contribution in [0.5, 0.6) is 0 Å². The zero-order valence-electron chi connectivity index (χ0n) is 18.0. The Morgan fingerprint density at radius 3 is 2.47 bits per heavy atom. The molecule has 1 aliphatic rings. The van der Waals surface area contributed by atoms with Crippen molar-refractivity contribution in [2.45, 2.75) is 39.2 Å². The van der Waals surface area contributed by atoms with Crippen LogP contribution in [-0.2, 0) is 4.74 Å². The average Bonchev–Trinajstić information content (AvgIpc) is 3.22. The molecule has 0 saturated carbocycles. The first-order valence-electron chi connectivity index (χ1n) is 10.1. The lowest BCUT2D eigenvalue weighted by Crippen LogP contribution is -2.53. The summed E-state index contributed by atoms with van der Waals surface area (Å²) in [7, 11) is 0. The summed E-state index contributed by atoms with van der Waals surface area (Å²) in [6.07, 6.45) is -0.295. The fraction of sp³-hybridized carbons (Fsp3) is 0.524. The summed E-state index contributed by atoms with van der Waals surface area (Å²) in [6, 6.07) is 9.68. The Hall–Kier alpha value is -3.10. The van der Waals surface area contributed by atoms with Crippen LogP contribution in [0.25, 0.3) is 11.4 Å². The van der Waals surface area contributed by atoms with Gasteiger partial charge in [-0.1, -0.05) is 42.4 Å². The van der Waals surface area contributed by atoms with Crippen molar-refractivity contribution in [2.24, 2.45) is 10.7 Å². The lowest BCUT2D eigenvalue weighted by atomic mass is 10.2. The molecule has 2 aromatic rings. The third-order valence-corrected chi connectivity index (χ3v) is 4.68. The highest BCUT2D eigenvalue weighted by Gasteiger charge is 2.26. The number of nitrogens with two attached hydrogens (primary N) is 1. The van der Waals surface area contributed by atoms with Crippen LogP contribution in [0.1, 0.15) is 39.5 Å². The van der Waals surface area contributed by atoms with Gasteiger partial charge in [-0.05, 0) is 20.8 Å². The van der Waals surface area contributed by atoms with Gasteiger partial charge < -0.3 is 24.8 Å². The zero-order chi connectivity index (χ0) is 21.7. The molecule has 1 aromatic heterocycles. The van der Waals surface area contributed by atoms with Crippen LogP contribution in [0.2, 0.25) is 0 Å². The number of carbonyl (C=O) groups is 1. The topological polar surface area (TPSA) is 110 Å². The monoisotopic (exact) mass is 414 g/mol. The molecule has 0 bridgehead atoms. The number of amides is 1. The van der Waals surface area contributed by atoms with Gasteiger partial charge in [0.2, 0.25) is 11.7 Å². The first-order chi connectivity index (χ1) is 14.2. The second-order valence-electron chi connectivity index (χ2n) is 8.38. The van der Waals surface area contributed by atoms with Crippen LogP contribution in [0.15, 0.2) is 39.8 Å². The fourth-order valence-electron chi connectivity index (χ4n) is 2.99. The van der Waals surface area contributed by atoms with Gasteiger partial charge in [0.15, 0.2) is 5.96 Å². The summed E-state index contributed by atoms with van der Waals surface area (Å²) in [6.45, 7) is 10.3. The molecule has 1 amide bonds. The Morgan fingerprint density at radius 2 is 1.83 bits per heavy atom. The summed E-state index contributed by atoms with van der Waals surface area (Å²) >= 11 is 0. The van der Waals surface area contributed by atoms with Gasteiger partial charge in [-0.25, -0.2) is 4.79 Å². The molecule has 1 fully saturated rings. The summed E-state index contributed by atoms with van der Waals surface area (Å²) in [4.78, 5) is 24.8. The van der Waals surface area contributed by atoms with Crippen LogP contribution in [-0.4, -0.2) is 70.3 Å². The largest absolute Gasteiger partial charge is 0.444 e. The number of aromatic nitrogens is 2. The maximum Gasteiger partial charge on any atom is 0.410 e. The van der Waals surface area contributed by atoms with Crippen molar-refractivity contribution in [1.82, 2.24) is 19.9 Å². The lowest BCUT2D eigenvalue weighted by molar-refractivity contribution is 0.0186. The van der Waals surface area contributed by atoms with Gasteiger partial charge in [-0.15, -0.1) is 0 Å². The van der Waals surface area contributed by atoms with Crippen molar-refractivity contribution >= 4 is 12.1 Å². The molecule has 30 heavy (non-hydrogen) atoms. The van der Waals surface area contributed by atoms with Crippen molar-refractivity contribution in [2.75, 3.05) is 32.7 Å². The SMILES string of the molecule is CC(CN=C(N)N1CCN(C(=O)OC(C)(C)C)CC1)c1nc(-c2ccccc2)no1. The van der Waals surface area contributed by atoms with Crippen LogP contribution < -0.4 is 5.73 Å². The average molecular weight is 415 g/mol. The molecule has 3 rings (SSSR count). The Labute approximate surface area is 176 Å². The molecule has 9 heteroatoms. The van der Waals surface area contributed by atoms with E-state index in [2.05, 4.69) is 15.1 Å². The number of rotatable bonds is 4. The smallest absolute Gasteiger partial charge is 0.410 e. The predicted molar refractivity (Wildman–Crippen MR) is 114 cm³/mol. The van der Waals surface area contributed by atoms with Crippen LogP contribution in [0.4, 0.5) is 4.79 Å². The number of hydrogen-bond acceptors (Lipinski definition) is 6. The molecule has 0 spiro atoms. The minimum absolute atomic E-state index is 0.0587. The Morgan fingerprint density at radius 1 is 1.20 bits per heavy atom. The molecule has 9 nitrogen and oxygen atoms in total. The van der Waals surface area contributed by atoms with Crippen molar-refractivity contribution in [1.29, 1.82) is 0 Å². The summed E-state index contributed by atoms with van der Waals surface area (Å²) in [5.74, 6) is 1.48.